The van der Waals surface area contributed by atoms with E-state index in [1.165, 1.54) is 6.92 Å². The summed E-state index contributed by atoms with van der Waals surface area (Å²) in [6.45, 7) is 4.89. The zero-order valence-electron chi connectivity index (χ0n) is 5.74. The lowest BCUT2D eigenvalue weighted by Crippen LogP contribution is -2.42. The van der Waals surface area contributed by atoms with E-state index in [0.717, 1.165) is 0 Å². The van der Waals surface area contributed by atoms with Crippen LogP contribution in [0.2, 0.25) is 0 Å². The Morgan fingerprint density at radius 3 is 2.20 bits per heavy atom. The highest BCUT2D eigenvalue weighted by Crippen LogP contribution is 2.00. The van der Waals surface area contributed by atoms with E-state index in [4.69, 9.17) is 15.9 Å². The molecule has 0 rings (SSSR count). The molecule has 0 bridgehead atoms. The first kappa shape index (κ1) is 9.13. The van der Waals surface area contributed by atoms with Gasteiger partial charge in [-0.25, -0.2) is 0 Å². The van der Waals surface area contributed by atoms with Gasteiger partial charge in [0.25, 0.3) is 0 Å². The Kier molecular flexibility index (Phi) is 3.05. The van der Waals surface area contributed by atoms with Crippen LogP contribution in [0.25, 0.3) is 0 Å². The molecule has 0 amide bonds. The molecule has 0 fully saturated rings. The summed E-state index contributed by atoms with van der Waals surface area (Å²) in [4.78, 5) is 10.1. The zero-order chi connectivity index (χ0) is 8.31. The molecular weight excluding hydrogens is 134 g/mol. The Bertz CT molecular complexity index is 137. The molecule has 0 aromatic rings. The number of aliphatic hydroxyl groups excluding tert-OH is 1. The van der Waals surface area contributed by atoms with E-state index in [-0.39, 0.29) is 0 Å². The van der Waals surface area contributed by atoms with Crippen LogP contribution in [0.5, 0.6) is 0 Å². The molecule has 4 nitrogen and oxygen atoms in total. The summed E-state index contributed by atoms with van der Waals surface area (Å²) in [6, 6.07) is -1.27. The Hall–Kier alpha value is -0.870. The fourth-order valence-corrected chi connectivity index (χ4v) is 0.442. The first-order chi connectivity index (χ1) is 4.46. The number of nitrogens with two attached hydrogens (primary N) is 1. The molecule has 0 aliphatic rings. The third-order valence-corrected chi connectivity index (χ3v) is 1.13. The quantitative estimate of drug-likeness (QED) is 0.460. The van der Waals surface area contributed by atoms with Crippen LogP contribution in [0.3, 0.4) is 0 Å². The van der Waals surface area contributed by atoms with E-state index in [2.05, 4.69) is 6.58 Å². The normalized spacial score (nSPS) is 15.9. The van der Waals surface area contributed by atoms with Crippen LogP contribution >= 0.6 is 0 Å². The minimum atomic E-state index is -1.27. The maximum Gasteiger partial charge on any atom is 0.323 e. The van der Waals surface area contributed by atoms with Gasteiger partial charge in [0.15, 0.2) is 0 Å². The van der Waals surface area contributed by atoms with Crippen LogP contribution in [0, 0.1) is 0 Å². The zero-order valence-corrected chi connectivity index (χ0v) is 5.74. The highest BCUT2D eigenvalue weighted by Gasteiger charge is 2.21. The van der Waals surface area contributed by atoms with Crippen LogP contribution in [-0.2, 0) is 4.79 Å². The topological polar surface area (TPSA) is 83.5 Å². The van der Waals surface area contributed by atoms with Crippen molar-refractivity contribution in [2.45, 2.75) is 19.1 Å². The first-order valence-electron chi connectivity index (χ1n) is 2.78. The van der Waals surface area contributed by atoms with Crippen LogP contribution < -0.4 is 5.73 Å². The molecule has 58 valence electrons. The molecule has 0 aromatic heterocycles. The van der Waals surface area contributed by atoms with Gasteiger partial charge >= 0.3 is 5.97 Å². The monoisotopic (exact) mass is 145 g/mol. The van der Waals surface area contributed by atoms with Gasteiger partial charge in [0.05, 0.1) is 0 Å². The third-order valence-electron chi connectivity index (χ3n) is 1.13. The average Bonchev–Trinajstić information content (AvgIpc) is 1.84. The van der Waals surface area contributed by atoms with Gasteiger partial charge in [-0.2, -0.15) is 0 Å². The average molecular weight is 145 g/mol. The van der Waals surface area contributed by atoms with E-state index in [9.17, 15) is 4.79 Å². The van der Waals surface area contributed by atoms with Crippen LogP contribution in [-0.4, -0.2) is 28.3 Å². The number of hydrogen-bond acceptors (Lipinski definition) is 3. The predicted molar refractivity (Wildman–Crippen MR) is 36.4 cm³/mol. The molecule has 10 heavy (non-hydrogen) atoms. The highest BCUT2D eigenvalue weighted by molar-refractivity contribution is 5.74. The van der Waals surface area contributed by atoms with E-state index in [1.54, 1.807) is 0 Å². The van der Waals surface area contributed by atoms with Crippen LogP contribution in [0.4, 0.5) is 0 Å². The van der Waals surface area contributed by atoms with Gasteiger partial charge in [-0.3, -0.25) is 4.79 Å². The van der Waals surface area contributed by atoms with E-state index < -0.39 is 18.1 Å². The first-order valence-corrected chi connectivity index (χ1v) is 2.78. The van der Waals surface area contributed by atoms with Crippen molar-refractivity contribution in [2.75, 3.05) is 0 Å². The third kappa shape index (κ3) is 2.16. The van der Waals surface area contributed by atoms with E-state index >= 15 is 0 Å². The molecule has 0 radical (unpaired) electrons. The molecule has 4 heteroatoms. The van der Waals surface area contributed by atoms with Gasteiger partial charge in [0, 0.05) is 0 Å². The fourth-order valence-electron chi connectivity index (χ4n) is 0.442. The van der Waals surface area contributed by atoms with Gasteiger partial charge in [-0.05, 0) is 6.92 Å². The molecule has 0 aromatic carbocycles. The lowest BCUT2D eigenvalue weighted by Gasteiger charge is -2.13. The second kappa shape index (κ2) is 3.34. The molecule has 0 saturated carbocycles. The Morgan fingerprint density at radius 1 is 1.70 bits per heavy atom. The summed E-state index contributed by atoms with van der Waals surface area (Å²) in [5.74, 6) is -1.23. The largest absolute Gasteiger partial charge is 0.480 e. The maximum atomic E-state index is 10.1. The summed E-state index contributed by atoms with van der Waals surface area (Å²) in [5.41, 5.74) is 5.41. The minimum Gasteiger partial charge on any atom is -0.480 e. The van der Waals surface area contributed by atoms with Gasteiger partial charge < -0.3 is 15.9 Å². The molecule has 0 unspecified atom stereocenters. The Morgan fingerprint density at radius 2 is 2.10 bits per heavy atom. The summed E-state index contributed by atoms with van der Waals surface area (Å²) < 4.78 is 0. The molecule has 0 aliphatic heterocycles. The van der Waals surface area contributed by atoms with Crippen molar-refractivity contribution in [1.82, 2.24) is 0 Å². The van der Waals surface area contributed by atoms with Gasteiger partial charge in [-0.15, -0.1) is 0 Å². The lowest BCUT2D eigenvalue weighted by atomic mass is 10.1. The standard InChI is InChI=1S/C6H11NO3/c1-3(2)5(8)4(7)6(9)10/h4-5,8H,1,7H2,2H3,(H,9,10)/t4-,5+/m0/s1. The SMILES string of the molecule is C=C(C)[C@@H](O)[C@H](N)C(=O)O. The van der Waals surface area contributed by atoms with E-state index in [0.29, 0.717) is 5.57 Å². The van der Waals surface area contributed by atoms with Gasteiger partial charge in [-0.1, -0.05) is 12.2 Å². The maximum absolute atomic E-state index is 10.1. The number of carboxylic acids is 1. The van der Waals surface area contributed by atoms with Crippen molar-refractivity contribution in [1.29, 1.82) is 0 Å². The van der Waals surface area contributed by atoms with Crippen molar-refractivity contribution in [2.24, 2.45) is 5.73 Å². The molecular formula is C6H11NO3. The summed E-state index contributed by atoms with van der Waals surface area (Å²) in [6.07, 6.45) is -1.16. The van der Waals surface area contributed by atoms with Crippen molar-refractivity contribution in [3.8, 4) is 0 Å². The van der Waals surface area contributed by atoms with Gasteiger partial charge in [0.2, 0.25) is 0 Å². The minimum absolute atomic E-state index is 0.356. The lowest BCUT2D eigenvalue weighted by molar-refractivity contribution is -0.140. The second-order valence-corrected chi connectivity index (χ2v) is 2.16. The summed E-state index contributed by atoms with van der Waals surface area (Å²) in [7, 11) is 0. The van der Waals surface area contributed by atoms with Gasteiger partial charge in [0.1, 0.15) is 12.1 Å². The highest BCUT2D eigenvalue weighted by atomic mass is 16.4. The van der Waals surface area contributed by atoms with E-state index in [1.807, 2.05) is 0 Å². The smallest absolute Gasteiger partial charge is 0.323 e. The molecule has 0 spiro atoms. The second-order valence-electron chi connectivity index (χ2n) is 2.16. The molecule has 2 atom stereocenters. The fraction of sp³-hybridized carbons (Fsp3) is 0.500. The van der Waals surface area contributed by atoms with Crippen molar-refractivity contribution < 1.29 is 15.0 Å². The molecule has 0 saturated heterocycles. The molecule has 0 aliphatic carbocycles. The number of aliphatic carboxylic acids is 1. The number of carboxylic acid groups (broad SMARTS) is 1. The number of rotatable bonds is 3. The number of hydrogen-bond donors (Lipinski definition) is 3. The van der Waals surface area contributed by atoms with Crippen LogP contribution in [0.15, 0.2) is 12.2 Å². The summed E-state index contributed by atoms with van der Waals surface area (Å²) >= 11 is 0. The Labute approximate surface area is 59.0 Å². The molecule has 4 N–H and O–H groups in total. The number of carbonyl (C=O) groups is 1. The number of aliphatic hydroxyl groups is 1. The molecule has 0 heterocycles. The van der Waals surface area contributed by atoms with Crippen LogP contribution in [0.1, 0.15) is 6.92 Å². The summed E-state index contributed by atoms with van der Waals surface area (Å²) in [5, 5.41) is 17.2. The Balaban J connectivity index is 4.07. The predicted octanol–water partition coefficient (Wildman–Crippen LogP) is -0.665. The van der Waals surface area contributed by atoms with Crippen molar-refractivity contribution in [3.63, 3.8) is 0 Å². The van der Waals surface area contributed by atoms with Crippen molar-refractivity contribution >= 4 is 5.97 Å². The van der Waals surface area contributed by atoms with Crippen molar-refractivity contribution in [3.05, 3.63) is 12.2 Å².